The fraction of sp³-hybridized carbons (Fsp3) is 0.667. The van der Waals surface area contributed by atoms with Gasteiger partial charge in [-0.25, -0.2) is 4.79 Å². The van der Waals surface area contributed by atoms with Crippen molar-refractivity contribution in [2.75, 3.05) is 44.1 Å². The number of hydrogen-bond donors (Lipinski definition) is 27. The van der Waals surface area contributed by atoms with Crippen molar-refractivity contribution in [3.63, 3.8) is 0 Å². The first kappa shape index (κ1) is 123. The molecular weight excluding hydrogens is 1870 g/mol. The molecule has 52 heteroatoms. The zero-order valence-electron chi connectivity index (χ0n) is 80.0. The molecule has 0 bridgehead atoms. The van der Waals surface area contributed by atoms with Gasteiger partial charge < -0.3 is 142 Å². The average Bonchev–Trinajstić information content (AvgIpc) is 1.66. The highest BCUT2D eigenvalue weighted by atomic mass is 32.2. The molecule has 0 radical (unpaired) electrons. The van der Waals surface area contributed by atoms with Crippen molar-refractivity contribution in [3.05, 3.63) is 35.9 Å². The number of aliphatic carboxylic acids is 5. The van der Waals surface area contributed by atoms with Gasteiger partial charge in [-0.1, -0.05) is 133 Å². The highest BCUT2D eigenvalue weighted by Crippen LogP contribution is 2.22. The van der Waals surface area contributed by atoms with Crippen LogP contribution in [0.3, 0.4) is 0 Å². The summed E-state index contributed by atoms with van der Waals surface area (Å²) in [6.45, 7) is 15.3. The number of primary amides is 1. The number of likely N-dealkylation sites (tertiary alicyclic amines) is 1. The van der Waals surface area contributed by atoms with Gasteiger partial charge in [0.1, 0.15) is 103 Å². The molecule has 780 valence electrons. The number of carbonyl (C=O) groups excluding carboxylic acids is 18. The number of aliphatic hydroxyl groups excluding tert-OH is 3. The number of benzene rings is 1. The zero-order chi connectivity index (χ0) is 106. The van der Waals surface area contributed by atoms with E-state index in [0.717, 1.165) is 4.90 Å². The van der Waals surface area contributed by atoms with Gasteiger partial charge in [0.2, 0.25) is 106 Å². The number of rotatable bonds is 65. The lowest BCUT2D eigenvalue weighted by Gasteiger charge is -2.31. The summed E-state index contributed by atoms with van der Waals surface area (Å²) < 4.78 is 0. The molecule has 1 heterocycles. The third-order valence-electron chi connectivity index (χ3n) is 22.6. The van der Waals surface area contributed by atoms with Crippen LogP contribution in [0.1, 0.15) is 179 Å². The lowest BCUT2D eigenvalue weighted by Crippen LogP contribution is -2.62. The van der Waals surface area contributed by atoms with Crippen LogP contribution in [0.2, 0.25) is 0 Å². The number of carbonyl (C=O) groups is 23. The van der Waals surface area contributed by atoms with E-state index in [9.17, 15) is 151 Å². The SMILES string of the molecule is CC[C@H](C)[C@H](NC(=O)[C@H](CC(N)=O)NC(=O)[C@H](CCC(=O)O)NC(=O)[C@H](CC(C)C)NC(=O)[C@H](CO)NC(=O)[C@H](CC(=O)O)NC(=O)[C@@H]1CCCN1C(=O)[C@H](CO)NC(=O)[C@H](CC(=O)O)NC(=O)[C@@H](NC(=O)[C@H](CO)NC(=O)[C@H](Cc1ccccc1)NC(=O)[C@H](CS)NC(=O)[C@H](CCSC)NC(=O)[C@H](CC(C)C)NC(=O)[C@@H](NC(=O)[C@@H](NC(=O)[C@@H](N)CC(=O)O)C(C)C)[C@@H](C)CC)[C@@H](C)CC)C(=O)O. The second-order valence-electron chi connectivity index (χ2n) is 35.1. The molecule has 0 spiro atoms. The number of aliphatic hydroxyl groups is 3. The van der Waals surface area contributed by atoms with Crippen molar-refractivity contribution < 1.29 is 151 Å². The minimum Gasteiger partial charge on any atom is -0.481 e. The number of hydrogen-bond acceptors (Lipinski definition) is 29. The van der Waals surface area contributed by atoms with Gasteiger partial charge in [0, 0.05) is 25.1 Å². The highest BCUT2D eigenvalue weighted by Gasteiger charge is 2.45. The molecule has 139 heavy (non-hydrogen) atoms. The molecule has 0 saturated carbocycles. The van der Waals surface area contributed by atoms with E-state index in [4.69, 9.17) is 11.5 Å². The maximum Gasteiger partial charge on any atom is 0.326 e. The Bertz CT molecular complexity index is 4420. The molecule has 28 N–H and O–H groups in total. The van der Waals surface area contributed by atoms with E-state index in [1.54, 1.807) is 106 Å². The normalized spacial score (nSPS) is 16.7. The average molecular weight is 2010 g/mol. The van der Waals surface area contributed by atoms with Gasteiger partial charge in [0.15, 0.2) is 0 Å². The first-order valence-electron chi connectivity index (χ1n) is 45.4. The van der Waals surface area contributed by atoms with Crippen LogP contribution in [-0.4, -0.2) is 335 Å². The van der Waals surface area contributed by atoms with Crippen LogP contribution in [0.15, 0.2) is 30.3 Å². The fourth-order valence-electron chi connectivity index (χ4n) is 14.1. The van der Waals surface area contributed by atoms with Crippen LogP contribution >= 0.6 is 24.4 Å². The maximum absolute atomic E-state index is 14.5. The van der Waals surface area contributed by atoms with Gasteiger partial charge in [-0.05, 0) is 91.6 Å². The second kappa shape index (κ2) is 61.8. The smallest absolute Gasteiger partial charge is 0.326 e. The van der Waals surface area contributed by atoms with Crippen molar-refractivity contribution in [3.8, 4) is 0 Å². The number of thioether (sulfide) groups is 1. The first-order valence-corrected chi connectivity index (χ1v) is 47.5. The van der Waals surface area contributed by atoms with Crippen LogP contribution in [0, 0.1) is 35.5 Å². The van der Waals surface area contributed by atoms with E-state index in [0.29, 0.717) is 12.0 Å². The van der Waals surface area contributed by atoms with Crippen LogP contribution in [-0.2, 0) is 117 Å². The van der Waals surface area contributed by atoms with Gasteiger partial charge in [-0.15, -0.1) is 0 Å². The Morgan fingerprint density at radius 3 is 1.18 bits per heavy atom. The number of carboxylic acids is 5. The Kier molecular flexibility index (Phi) is 54.5. The topological polar surface area (TPSA) is 802 Å². The van der Waals surface area contributed by atoms with Gasteiger partial charge in [-0.3, -0.25) is 105 Å². The number of thiol groups is 1. The molecule has 1 aliphatic rings. The summed E-state index contributed by atoms with van der Waals surface area (Å²) in [6.07, 6.45) is -4.14. The van der Waals surface area contributed by atoms with Crippen molar-refractivity contribution in [1.29, 1.82) is 0 Å². The second-order valence-corrected chi connectivity index (χ2v) is 36.4. The van der Waals surface area contributed by atoms with Gasteiger partial charge in [0.05, 0.1) is 51.5 Å². The molecule has 2 rings (SSSR count). The van der Waals surface area contributed by atoms with Gasteiger partial charge >= 0.3 is 29.8 Å². The van der Waals surface area contributed by atoms with Crippen LogP contribution in [0.4, 0.5) is 0 Å². The molecule has 1 aliphatic heterocycles. The summed E-state index contributed by atoms with van der Waals surface area (Å²) in [5.41, 5.74) is 11.5. The van der Waals surface area contributed by atoms with Crippen LogP contribution in [0.5, 0.6) is 0 Å². The van der Waals surface area contributed by atoms with Crippen molar-refractivity contribution >= 4 is 161 Å². The van der Waals surface area contributed by atoms with Crippen molar-refractivity contribution in [2.24, 2.45) is 47.0 Å². The third kappa shape index (κ3) is 42.4. The predicted molar refractivity (Wildman–Crippen MR) is 499 cm³/mol. The standard InChI is InChI=1S/C87H139N19O31S2/c1-14-43(10)67(103-80(129)57(37-108)99-75(124)52(31-46-21-18-17-19-22-46)93-81(130)59(39-138)101-72(121)49(26-28-139-13)91-74(123)51(30-41(6)7)96-85(134)68(44(11)15-2)104-83(132)66(42(8)9)102-70(119)47(88)32-63(113)114)84(133)97-55(35-65(117)118)77(126)100-58(38-109)86(135)106-27-20-23-60(106)82(131)95-54(34-64(115)116)76(125)98-56(36-107)79(128)92-50(29-40(4)5)73(122)90-48(24-25-62(111)112)71(120)94-53(33-61(89)110)78(127)105-69(87(136)137)45(12)16-3/h17-19,21-22,40-45,47-60,66-69,107-109,138H,14-16,20,23-39,88H2,1-13H3,(H2,89,110)(H,90,122)(H,91,123)(H,92,128)(H,93,130)(H,94,120)(H,95,131)(H,96,134)(H,97,133)(H,98,125)(H,99,124)(H,100,126)(H,101,121)(H,102,119)(H,103,129)(H,104,132)(H,105,127)(H,111,112)(H,113,114)(H,115,116)(H,117,118)(H,136,137)/t43-,44-,45-,47-,48-,49-,50-,51-,52-,53-,54-,55-,56-,57-,58-,59-,60-,66-,67-,68-,69-/m0/s1. The monoisotopic (exact) mass is 2010 g/mol. The summed E-state index contributed by atoms with van der Waals surface area (Å²) in [7, 11) is 0. The van der Waals surface area contributed by atoms with Gasteiger partial charge in [0.25, 0.3) is 0 Å². The molecule has 1 aromatic carbocycles. The Balaban J connectivity index is 2.44. The molecule has 1 aromatic rings. The minimum absolute atomic E-state index is 0.000117. The highest BCUT2D eigenvalue weighted by molar-refractivity contribution is 7.98. The van der Waals surface area contributed by atoms with E-state index in [1.165, 1.54) is 25.6 Å². The first-order chi connectivity index (χ1) is 65.2. The number of nitrogens with two attached hydrogens (primary N) is 2. The molecule has 50 nitrogen and oxygen atoms in total. The van der Waals surface area contributed by atoms with Crippen LogP contribution < -0.4 is 96.5 Å². The zero-order valence-corrected chi connectivity index (χ0v) is 81.7. The Morgan fingerprint density at radius 2 is 0.741 bits per heavy atom. The molecule has 1 fully saturated rings. The summed E-state index contributed by atoms with van der Waals surface area (Å²) in [5.74, 6) is -32.0. The summed E-state index contributed by atoms with van der Waals surface area (Å²) in [6, 6.07) is -22.8. The summed E-state index contributed by atoms with van der Waals surface area (Å²) in [5, 5.41) is 118. The molecule has 1 saturated heterocycles. The molecule has 0 aliphatic carbocycles. The Morgan fingerprint density at radius 1 is 0.396 bits per heavy atom. The van der Waals surface area contributed by atoms with Gasteiger partial charge in [-0.2, -0.15) is 24.4 Å². The lowest BCUT2D eigenvalue weighted by atomic mass is 9.95. The fourth-order valence-corrected chi connectivity index (χ4v) is 14.8. The molecule has 18 amide bonds. The third-order valence-corrected chi connectivity index (χ3v) is 23.6. The van der Waals surface area contributed by atoms with E-state index < -0.39 is 339 Å². The number of carboxylic acid groups (broad SMARTS) is 5. The van der Waals surface area contributed by atoms with E-state index >= 15 is 0 Å². The minimum atomic E-state index is -2.15. The van der Waals surface area contributed by atoms with Crippen LogP contribution in [0.25, 0.3) is 0 Å². The quantitative estimate of drug-likeness (QED) is 0.0270. The predicted octanol–water partition coefficient (Wildman–Crippen LogP) is -6.90. The maximum atomic E-state index is 14.5. The molecule has 21 atom stereocenters. The molecule has 0 unspecified atom stereocenters. The Labute approximate surface area is 813 Å². The largest absolute Gasteiger partial charge is 0.481 e. The summed E-state index contributed by atoms with van der Waals surface area (Å²) in [4.78, 5) is 312. The van der Waals surface area contributed by atoms with Crippen molar-refractivity contribution in [1.82, 2.24) is 90.0 Å². The molecular formula is C87H139N19O31S2. The van der Waals surface area contributed by atoms with E-state index in [2.05, 4.69) is 97.7 Å². The summed E-state index contributed by atoms with van der Waals surface area (Å²) >= 11 is 5.62. The van der Waals surface area contributed by atoms with Crippen molar-refractivity contribution in [2.45, 2.75) is 288 Å². The number of nitrogens with zero attached hydrogens (tertiary/aromatic N) is 1. The van der Waals surface area contributed by atoms with E-state index in [-0.39, 0.29) is 69.6 Å². The Hall–Kier alpha value is -12.4. The number of amides is 18. The molecule has 0 aromatic heterocycles. The lowest BCUT2D eigenvalue weighted by molar-refractivity contribution is -0.145. The number of nitrogens with one attached hydrogen (secondary N) is 16. The van der Waals surface area contributed by atoms with E-state index in [1.807, 2.05) is 0 Å².